The molecule has 1 heterocycles. The Labute approximate surface area is 97.8 Å². The second-order valence-corrected chi connectivity index (χ2v) is 3.51. The number of hydrazine groups is 1. The molecule has 0 saturated heterocycles. The molecule has 18 heavy (non-hydrogen) atoms. The van der Waals surface area contributed by atoms with E-state index < -0.39 is 23.3 Å². The predicted molar refractivity (Wildman–Crippen MR) is 49.1 cm³/mol. The minimum Gasteiger partial charge on any atom is -0.261 e. The molecule has 0 fully saturated rings. The fourth-order valence-electron chi connectivity index (χ4n) is 1.42. The summed E-state index contributed by atoms with van der Waals surface area (Å²) in [5.74, 6) is -5.27. The van der Waals surface area contributed by atoms with Crippen molar-refractivity contribution in [2.45, 2.75) is 31.6 Å². The summed E-state index contributed by atoms with van der Waals surface area (Å²) in [5.41, 5.74) is 0. The molecule has 6 nitrogen and oxygen atoms in total. The van der Waals surface area contributed by atoms with Gasteiger partial charge in [0.05, 0.1) is 0 Å². The van der Waals surface area contributed by atoms with E-state index in [-0.39, 0.29) is 18.0 Å². The SMILES string of the molecule is CCCN1N=CN([N+](=O)[O-])C1C(F)(F)C(F)(F)F. The smallest absolute Gasteiger partial charge is 0.261 e. The molecule has 0 saturated carbocycles. The van der Waals surface area contributed by atoms with Crippen LogP contribution in [0.3, 0.4) is 0 Å². The van der Waals surface area contributed by atoms with Crippen LogP contribution in [0.4, 0.5) is 22.0 Å². The van der Waals surface area contributed by atoms with Gasteiger partial charge in [-0.2, -0.15) is 27.1 Å². The molecule has 0 aromatic carbocycles. The van der Waals surface area contributed by atoms with Crippen molar-refractivity contribution in [1.82, 2.24) is 10.0 Å². The van der Waals surface area contributed by atoms with E-state index in [1.165, 1.54) is 6.92 Å². The average molecular weight is 276 g/mol. The first kappa shape index (κ1) is 14.4. The molecule has 0 aromatic rings. The number of hydrogen-bond donors (Lipinski definition) is 0. The zero-order valence-electron chi connectivity index (χ0n) is 9.06. The molecule has 1 aliphatic rings. The molecule has 104 valence electrons. The largest absolute Gasteiger partial charge is 0.457 e. The quantitative estimate of drug-likeness (QED) is 0.445. The maximum atomic E-state index is 13.2. The second-order valence-electron chi connectivity index (χ2n) is 3.51. The Bertz CT molecular complexity index is 358. The molecule has 0 spiro atoms. The third-order valence-corrected chi connectivity index (χ3v) is 2.19. The van der Waals surface area contributed by atoms with E-state index in [1.54, 1.807) is 0 Å². The van der Waals surface area contributed by atoms with Crippen molar-refractivity contribution in [3.05, 3.63) is 10.1 Å². The number of hydrazone groups is 1. The molecule has 1 rings (SSSR count). The van der Waals surface area contributed by atoms with E-state index in [2.05, 4.69) is 5.10 Å². The van der Waals surface area contributed by atoms with Gasteiger partial charge in [0.25, 0.3) is 6.17 Å². The maximum absolute atomic E-state index is 13.2. The van der Waals surface area contributed by atoms with Gasteiger partial charge >= 0.3 is 12.1 Å². The van der Waals surface area contributed by atoms with Crippen molar-refractivity contribution < 1.29 is 27.0 Å². The van der Waals surface area contributed by atoms with Gasteiger partial charge in [-0.15, -0.1) is 0 Å². The van der Waals surface area contributed by atoms with Crippen molar-refractivity contribution in [3.63, 3.8) is 0 Å². The first-order valence-corrected chi connectivity index (χ1v) is 4.80. The number of hydrogen-bond acceptors (Lipinski definition) is 4. The van der Waals surface area contributed by atoms with Gasteiger partial charge in [-0.25, -0.2) is 10.1 Å². The summed E-state index contributed by atoms with van der Waals surface area (Å²) in [6.07, 6.45) is -8.13. The van der Waals surface area contributed by atoms with Crippen molar-refractivity contribution in [3.8, 4) is 0 Å². The molecule has 0 radical (unpaired) electrons. The molecular weight excluding hydrogens is 267 g/mol. The van der Waals surface area contributed by atoms with Crippen LogP contribution in [0.15, 0.2) is 5.10 Å². The Morgan fingerprint density at radius 2 is 1.94 bits per heavy atom. The minimum absolute atomic E-state index is 0.216. The van der Waals surface area contributed by atoms with Crippen LogP contribution in [0.2, 0.25) is 0 Å². The van der Waals surface area contributed by atoms with Gasteiger partial charge in [0.2, 0.25) is 0 Å². The maximum Gasteiger partial charge on any atom is 0.457 e. The molecule has 0 N–H and O–H groups in total. The lowest BCUT2D eigenvalue weighted by molar-refractivity contribution is -0.646. The monoisotopic (exact) mass is 276 g/mol. The van der Waals surface area contributed by atoms with E-state index in [0.717, 1.165) is 0 Å². The molecule has 0 aliphatic carbocycles. The predicted octanol–water partition coefficient (Wildman–Crippen LogP) is 1.67. The van der Waals surface area contributed by atoms with E-state index in [0.29, 0.717) is 11.3 Å². The summed E-state index contributed by atoms with van der Waals surface area (Å²) in [6, 6.07) is 0. The van der Waals surface area contributed by atoms with E-state index in [9.17, 15) is 32.1 Å². The normalized spacial score (nSPS) is 20.7. The fraction of sp³-hybridized carbons (Fsp3) is 0.857. The van der Waals surface area contributed by atoms with E-state index in [1.807, 2.05) is 0 Å². The summed E-state index contributed by atoms with van der Waals surface area (Å²) in [5, 5.41) is 12.3. The summed E-state index contributed by atoms with van der Waals surface area (Å²) < 4.78 is 63.2. The molecule has 1 atom stereocenters. The molecule has 1 aliphatic heterocycles. The van der Waals surface area contributed by atoms with Crippen LogP contribution in [0.5, 0.6) is 0 Å². The Kier molecular flexibility index (Phi) is 3.62. The van der Waals surface area contributed by atoms with Gasteiger partial charge in [-0.1, -0.05) is 11.9 Å². The summed E-state index contributed by atoms with van der Waals surface area (Å²) in [4.78, 5) is 10.4. The Morgan fingerprint density at radius 3 is 2.33 bits per heavy atom. The Hall–Kier alpha value is -1.68. The highest BCUT2D eigenvalue weighted by atomic mass is 19.4. The van der Waals surface area contributed by atoms with Gasteiger partial charge in [-0.3, -0.25) is 5.01 Å². The fourth-order valence-corrected chi connectivity index (χ4v) is 1.42. The van der Waals surface area contributed by atoms with Crippen LogP contribution in [0.25, 0.3) is 0 Å². The van der Waals surface area contributed by atoms with E-state index >= 15 is 0 Å². The summed E-state index contributed by atoms with van der Waals surface area (Å²) >= 11 is 0. The lowest BCUT2D eigenvalue weighted by atomic mass is 10.2. The lowest BCUT2D eigenvalue weighted by Gasteiger charge is -2.31. The van der Waals surface area contributed by atoms with Crippen LogP contribution < -0.4 is 0 Å². The topological polar surface area (TPSA) is 62.0 Å². The molecular formula is C7H9F5N4O2. The van der Waals surface area contributed by atoms with Gasteiger partial charge in [0.15, 0.2) is 11.4 Å². The van der Waals surface area contributed by atoms with Crippen molar-refractivity contribution >= 4 is 6.34 Å². The van der Waals surface area contributed by atoms with Gasteiger partial charge < -0.3 is 0 Å². The van der Waals surface area contributed by atoms with Gasteiger partial charge in [0, 0.05) is 6.54 Å². The third-order valence-electron chi connectivity index (χ3n) is 2.19. The number of nitrogens with zero attached hydrogens (tertiary/aromatic N) is 4. The lowest BCUT2D eigenvalue weighted by Crippen LogP contribution is -2.60. The number of alkyl halides is 5. The summed E-state index contributed by atoms with van der Waals surface area (Å²) in [7, 11) is 0. The van der Waals surface area contributed by atoms with Crippen LogP contribution in [0, 0.1) is 10.1 Å². The molecule has 1 unspecified atom stereocenters. The van der Waals surface area contributed by atoms with Crippen molar-refractivity contribution in [2.75, 3.05) is 6.54 Å². The second kappa shape index (κ2) is 4.53. The molecule has 0 aromatic heterocycles. The highest BCUT2D eigenvalue weighted by Gasteiger charge is 2.69. The Balaban J connectivity index is 3.09. The molecule has 0 amide bonds. The third kappa shape index (κ3) is 2.29. The Morgan fingerprint density at radius 1 is 1.39 bits per heavy atom. The average Bonchev–Trinajstić information content (AvgIpc) is 2.60. The zero-order chi connectivity index (χ0) is 14.1. The number of halogens is 5. The zero-order valence-corrected chi connectivity index (χ0v) is 9.06. The van der Waals surface area contributed by atoms with Crippen LogP contribution in [-0.2, 0) is 0 Å². The first-order valence-electron chi connectivity index (χ1n) is 4.80. The standard InChI is InChI=1S/C7H9F5N4O2/c1-2-3-14-5(6(8,9)7(10,11)12)15(4-13-14)16(17)18/h4-5H,2-3H2,1H3. The molecule has 11 heteroatoms. The van der Waals surface area contributed by atoms with Gasteiger partial charge in [-0.05, 0) is 6.42 Å². The van der Waals surface area contributed by atoms with Crippen molar-refractivity contribution in [1.29, 1.82) is 0 Å². The summed E-state index contributed by atoms with van der Waals surface area (Å²) in [6.45, 7) is 1.27. The highest BCUT2D eigenvalue weighted by molar-refractivity contribution is 5.55. The number of nitro groups is 1. The highest BCUT2D eigenvalue weighted by Crippen LogP contribution is 2.42. The van der Waals surface area contributed by atoms with Crippen molar-refractivity contribution in [2.24, 2.45) is 5.10 Å². The van der Waals surface area contributed by atoms with Crippen LogP contribution in [-0.4, -0.2) is 46.2 Å². The number of rotatable bonds is 4. The van der Waals surface area contributed by atoms with Gasteiger partial charge in [0.1, 0.15) is 0 Å². The van der Waals surface area contributed by atoms with E-state index in [4.69, 9.17) is 0 Å². The van der Waals surface area contributed by atoms with Crippen LogP contribution >= 0.6 is 0 Å². The minimum atomic E-state index is -5.90. The first-order chi connectivity index (χ1) is 8.13. The van der Waals surface area contributed by atoms with Crippen LogP contribution in [0.1, 0.15) is 13.3 Å². The molecule has 0 bridgehead atoms.